The molecule has 3 nitrogen and oxygen atoms in total. The third kappa shape index (κ3) is 2.42. The van der Waals surface area contributed by atoms with Gasteiger partial charge in [0.25, 0.3) is 0 Å². The van der Waals surface area contributed by atoms with E-state index in [4.69, 9.17) is 5.11 Å². The van der Waals surface area contributed by atoms with Crippen LogP contribution in [0.1, 0.15) is 19.8 Å². The van der Waals surface area contributed by atoms with Crippen molar-refractivity contribution < 1.29 is 9.90 Å². The normalized spacial score (nSPS) is 18.2. The van der Waals surface area contributed by atoms with Crippen LogP contribution in [0.3, 0.4) is 0 Å². The summed E-state index contributed by atoms with van der Waals surface area (Å²) in [5, 5.41) is 11.5. The van der Waals surface area contributed by atoms with Crippen molar-refractivity contribution in [1.82, 2.24) is 5.32 Å². The van der Waals surface area contributed by atoms with Gasteiger partial charge in [-0.15, -0.1) is 0 Å². The Kier molecular flexibility index (Phi) is 2.91. The van der Waals surface area contributed by atoms with Gasteiger partial charge in [-0.2, -0.15) is 0 Å². The van der Waals surface area contributed by atoms with Crippen molar-refractivity contribution in [3.63, 3.8) is 0 Å². The lowest BCUT2D eigenvalue weighted by Crippen LogP contribution is -2.32. The summed E-state index contributed by atoms with van der Waals surface area (Å²) < 4.78 is 0. The monoisotopic (exact) mass is 167 g/mol. The lowest BCUT2D eigenvalue weighted by molar-refractivity contribution is -0.138. The first-order chi connectivity index (χ1) is 5.70. The maximum Gasteiger partial charge on any atom is 0.325 e. The first-order valence-corrected chi connectivity index (χ1v) is 4.06. The zero-order chi connectivity index (χ0) is 8.97. The molecular weight excluding hydrogens is 154 g/mol. The SMILES string of the molecule is C[C@H](NC1=CCCC=C1)C(=O)O. The number of allylic oxidation sites excluding steroid dienone is 3. The summed E-state index contributed by atoms with van der Waals surface area (Å²) in [5.41, 5.74) is 0.913. The minimum atomic E-state index is -0.824. The molecule has 2 N–H and O–H groups in total. The van der Waals surface area contributed by atoms with Crippen molar-refractivity contribution in [2.24, 2.45) is 0 Å². The van der Waals surface area contributed by atoms with Crippen LogP contribution in [0.4, 0.5) is 0 Å². The number of carboxylic acid groups (broad SMARTS) is 1. The molecule has 0 heterocycles. The van der Waals surface area contributed by atoms with Gasteiger partial charge in [-0.3, -0.25) is 4.79 Å². The average Bonchev–Trinajstić information content (AvgIpc) is 2.06. The molecule has 1 atom stereocenters. The van der Waals surface area contributed by atoms with E-state index in [1.165, 1.54) is 0 Å². The molecule has 12 heavy (non-hydrogen) atoms. The summed E-state index contributed by atoms with van der Waals surface area (Å²) in [6.07, 6.45) is 8.01. The van der Waals surface area contributed by atoms with Crippen molar-refractivity contribution in [3.05, 3.63) is 23.9 Å². The fourth-order valence-corrected chi connectivity index (χ4v) is 1.03. The van der Waals surface area contributed by atoms with E-state index in [-0.39, 0.29) is 0 Å². The molecule has 1 rings (SSSR count). The van der Waals surface area contributed by atoms with Crippen molar-refractivity contribution in [2.45, 2.75) is 25.8 Å². The molecule has 0 aliphatic heterocycles. The number of hydrogen-bond acceptors (Lipinski definition) is 2. The fraction of sp³-hybridized carbons (Fsp3) is 0.444. The van der Waals surface area contributed by atoms with Gasteiger partial charge in [0.1, 0.15) is 6.04 Å². The van der Waals surface area contributed by atoms with Crippen LogP contribution in [0.2, 0.25) is 0 Å². The van der Waals surface area contributed by atoms with Crippen molar-refractivity contribution in [1.29, 1.82) is 0 Å². The molecule has 3 heteroatoms. The van der Waals surface area contributed by atoms with Crippen LogP contribution in [0.15, 0.2) is 23.9 Å². The summed E-state index contributed by atoms with van der Waals surface area (Å²) in [5.74, 6) is -0.824. The van der Waals surface area contributed by atoms with Crippen LogP contribution < -0.4 is 5.32 Å². The first kappa shape index (κ1) is 8.84. The molecule has 0 spiro atoms. The topological polar surface area (TPSA) is 49.3 Å². The van der Waals surface area contributed by atoms with E-state index in [1.54, 1.807) is 6.92 Å². The fourth-order valence-electron chi connectivity index (χ4n) is 1.03. The van der Waals surface area contributed by atoms with Crippen molar-refractivity contribution in [2.75, 3.05) is 0 Å². The van der Waals surface area contributed by atoms with Crippen LogP contribution in [0, 0.1) is 0 Å². The Balaban J connectivity index is 2.45. The molecule has 1 aliphatic rings. The van der Waals surface area contributed by atoms with Crippen molar-refractivity contribution in [3.8, 4) is 0 Å². The highest BCUT2D eigenvalue weighted by Gasteiger charge is 2.10. The Morgan fingerprint density at radius 1 is 1.67 bits per heavy atom. The van der Waals surface area contributed by atoms with Crippen LogP contribution in [0.5, 0.6) is 0 Å². The summed E-state index contributed by atoms with van der Waals surface area (Å²) in [6, 6.07) is -0.515. The van der Waals surface area contributed by atoms with Gasteiger partial charge in [0.15, 0.2) is 0 Å². The van der Waals surface area contributed by atoms with Crippen LogP contribution in [-0.4, -0.2) is 17.1 Å². The molecule has 0 aromatic heterocycles. The molecule has 0 saturated heterocycles. The molecule has 0 saturated carbocycles. The standard InChI is InChI=1S/C9H13NO2/c1-7(9(11)12)10-8-5-3-2-4-6-8/h3,5-7,10H,2,4H2,1H3,(H,11,12)/t7-/m0/s1. The van der Waals surface area contributed by atoms with E-state index in [0.29, 0.717) is 0 Å². The quantitative estimate of drug-likeness (QED) is 0.665. The number of aliphatic carboxylic acids is 1. The average molecular weight is 167 g/mol. The van der Waals surface area contributed by atoms with E-state index in [9.17, 15) is 4.79 Å². The summed E-state index contributed by atoms with van der Waals surface area (Å²) in [7, 11) is 0. The van der Waals surface area contributed by atoms with Gasteiger partial charge in [0, 0.05) is 5.70 Å². The van der Waals surface area contributed by atoms with E-state index in [1.807, 2.05) is 18.2 Å². The maximum absolute atomic E-state index is 10.5. The first-order valence-electron chi connectivity index (χ1n) is 4.06. The maximum atomic E-state index is 10.5. The molecule has 0 bridgehead atoms. The van der Waals surface area contributed by atoms with E-state index >= 15 is 0 Å². The highest BCUT2D eigenvalue weighted by atomic mass is 16.4. The molecule has 0 amide bonds. The third-order valence-electron chi connectivity index (χ3n) is 1.75. The smallest absolute Gasteiger partial charge is 0.325 e. The number of hydrogen-bond donors (Lipinski definition) is 2. The minimum absolute atomic E-state index is 0.515. The van der Waals surface area contributed by atoms with E-state index in [0.717, 1.165) is 18.5 Å². The second-order valence-corrected chi connectivity index (χ2v) is 2.84. The van der Waals surface area contributed by atoms with Gasteiger partial charge in [0.2, 0.25) is 0 Å². The molecular formula is C9H13NO2. The zero-order valence-electron chi connectivity index (χ0n) is 7.08. The number of carbonyl (C=O) groups is 1. The largest absolute Gasteiger partial charge is 0.480 e. The summed E-state index contributed by atoms with van der Waals surface area (Å²) in [4.78, 5) is 10.5. The number of nitrogens with one attached hydrogen (secondary N) is 1. The highest BCUT2D eigenvalue weighted by Crippen LogP contribution is 2.07. The summed E-state index contributed by atoms with van der Waals surface area (Å²) in [6.45, 7) is 1.63. The van der Waals surface area contributed by atoms with Crippen LogP contribution in [0.25, 0.3) is 0 Å². The van der Waals surface area contributed by atoms with Gasteiger partial charge in [-0.1, -0.05) is 12.2 Å². The second-order valence-electron chi connectivity index (χ2n) is 2.84. The Morgan fingerprint density at radius 2 is 2.42 bits per heavy atom. The van der Waals surface area contributed by atoms with Gasteiger partial charge < -0.3 is 10.4 Å². The number of carboxylic acids is 1. The minimum Gasteiger partial charge on any atom is -0.480 e. The predicted molar refractivity (Wildman–Crippen MR) is 46.7 cm³/mol. The Labute approximate surface area is 71.8 Å². The van der Waals surface area contributed by atoms with Crippen LogP contribution >= 0.6 is 0 Å². The molecule has 0 radical (unpaired) electrons. The Bertz CT molecular complexity index is 231. The third-order valence-corrected chi connectivity index (χ3v) is 1.75. The Hall–Kier alpha value is -1.25. The predicted octanol–water partition coefficient (Wildman–Crippen LogP) is 1.28. The number of rotatable bonds is 3. The van der Waals surface area contributed by atoms with E-state index < -0.39 is 12.0 Å². The van der Waals surface area contributed by atoms with Gasteiger partial charge in [0.05, 0.1) is 0 Å². The van der Waals surface area contributed by atoms with E-state index in [2.05, 4.69) is 5.32 Å². The lowest BCUT2D eigenvalue weighted by atomic mass is 10.1. The molecule has 0 unspecified atom stereocenters. The molecule has 66 valence electrons. The zero-order valence-corrected chi connectivity index (χ0v) is 7.08. The molecule has 0 aromatic rings. The van der Waals surface area contributed by atoms with Gasteiger partial charge in [-0.25, -0.2) is 0 Å². The van der Waals surface area contributed by atoms with Crippen LogP contribution in [-0.2, 0) is 4.79 Å². The Morgan fingerprint density at radius 3 is 2.92 bits per heavy atom. The van der Waals surface area contributed by atoms with Crippen molar-refractivity contribution >= 4 is 5.97 Å². The lowest BCUT2D eigenvalue weighted by Gasteiger charge is -2.13. The highest BCUT2D eigenvalue weighted by molar-refractivity contribution is 5.73. The van der Waals surface area contributed by atoms with Gasteiger partial charge in [-0.05, 0) is 25.8 Å². The molecule has 0 fully saturated rings. The second kappa shape index (κ2) is 3.95. The molecule has 1 aliphatic carbocycles. The van der Waals surface area contributed by atoms with Gasteiger partial charge >= 0.3 is 5.97 Å². The molecule has 0 aromatic carbocycles. The summed E-state index contributed by atoms with van der Waals surface area (Å²) >= 11 is 0.